The van der Waals surface area contributed by atoms with Gasteiger partial charge in [0.2, 0.25) is 5.91 Å². The van der Waals surface area contributed by atoms with Crippen LogP contribution in [-0.4, -0.2) is 44.0 Å². The van der Waals surface area contributed by atoms with Gasteiger partial charge in [-0.25, -0.2) is 0 Å². The Labute approximate surface area is 85.8 Å². The molecule has 1 heterocycles. The highest BCUT2D eigenvalue weighted by molar-refractivity contribution is 5.78. The smallest absolute Gasteiger partial charge is 0.224 e. The number of likely N-dealkylation sites (tertiary alicyclic amines) is 1. The van der Waals surface area contributed by atoms with E-state index < -0.39 is 0 Å². The SMILES string of the molecule is CN1CCCC(C(=O)NCCCN)C1. The van der Waals surface area contributed by atoms with Crippen LogP contribution in [-0.2, 0) is 4.79 Å². The number of nitrogens with two attached hydrogens (primary N) is 1. The number of piperidine rings is 1. The first kappa shape index (κ1) is 11.5. The van der Waals surface area contributed by atoms with E-state index in [9.17, 15) is 4.79 Å². The summed E-state index contributed by atoms with van der Waals surface area (Å²) in [6, 6.07) is 0. The van der Waals surface area contributed by atoms with Crippen LogP contribution in [0, 0.1) is 5.92 Å². The van der Waals surface area contributed by atoms with E-state index in [1.807, 2.05) is 0 Å². The lowest BCUT2D eigenvalue weighted by molar-refractivity contribution is -0.126. The molecule has 0 radical (unpaired) electrons. The Kier molecular flexibility index (Phi) is 4.90. The standard InChI is InChI=1S/C10H21N3O/c1-13-7-2-4-9(8-13)10(14)12-6-3-5-11/h9H,2-8,11H2,1H3,(H,12,14). The zero-order chi connectivity index (χ0) is 10.4. The van der Waals surface area contributed by atoms with Crippen LogP contribution >= 0.6 is 0 Å². The Morgan fingerprint density at radius 1 is 1.64 bits per heavy atom. The van der Waals surface area contributed by atoms with E-state index in [-0.39, 0.29) is 11.8 Å². The van der Waals surface area contributed by atoms with Gasteiger partial charge in [-0.05, 0) is 39.4 Å². The molecular formula is C10H21N3O. The molecule has 1 atom stereocenters. The zero-order valence-electron chi connectivity index (χ0n) is 8.96. The van der Waals surface area contributed by atoms with Gasteiger partial charge in [-0.2, -0.15) is 0 Å². The predicted octanol–water partition coefficient (Wildman–Crippen LogP) is -0.207. The van der Waals surface area contributed by atoms with Crippen LogP contribution in [0.15, 0.2) is 0 Å². The maximum Gasteiger partial charge on any atom is 0.224 e. The van der Waals surface area contributed by atoms with Crippen molar-refractivity contribution in [3.63, 3.8) is 0 Å². The molecule has 82 valence electrons. The van der Waals surface area contributed by atoms with Crippen LogP contribution in [0.1, 0.15) is 19.3 Å². The van der Waals surface area contributed by atoms with Crippen molar-refractivity contribution >= 4 is 5.91 Å². The van der Waals surface area contributed by atoms with Gasteiger partial charge in [0, 0.05) is 13.1 Å². The second kappa shape index (κ2) is 5.98. The number of hydrogen-bond donors (Lipinski definition) is 2. The molecule has 0 bridgehead atoms. The fourth-order valence-corrected chi connectivity index (χ4v) is 1.84. The maximum absolute atomic E-state index is 11.6. The molecule has 0 spiro atoms. The molecule has 1 fully saturated rings. The summed E-state index contributed by atoms with van der Waals surface area (Å²) >= 11 is 0. The van der Waals surface area contributed by atoms with Crippen molar-refractivity contribution in [1.82, 2.24) is 10.2 Å². The quantitative estimate of drug-likeness (QED) is 0.616. The minimum Gasteiger partial charge on any atom is -0.356 e. The second-order valence-electron chi connectivity index (χ2n) is 4.03. The van der Waals surface area contributed by atoms with Crippen molar-refractivity contribution in [2.24, 2.45) is 11.7 Å². The monoisotopic (exact) mass is 199 g/mol. The highest BCUT2D eigenvalue weighted by Crippen LogP contribution is 2.14. The average molecular weight is 199 g/mol. The molecule has 0 aliphatic carbocycles. The maximum atomic E-state index is 11.6. The molecule has 1 unspecified atom stereocenters. The van der Waals surface area contributed by atoms with Crippen molar-refractivity contribution in [2.75, 3.05) is 33.2 Å². The number of carbonyl (C=O) groups is 1. The van der Waals surface area contributed by atoms with Gasteiger partial charge in [0.15, 0.2) is 0 Å². The number of hydrogen-bond acceptors (Lipinski definition) is 3. The molecule has 1 amide bonds. The Balaban J connectivity index is 2.22. The van der Waals surface area contributed by atoms with Crippen molar-refractivity contribution in [1.29, 1.82) is 0 Å². The summed E-state index contributed by atoms with van der Waals surface area (Å²) in [5.74, 6) is 0.386. The lowest BCUT2D eigenvalue weighted by Crippen LogP contribution is -2.41. The van der Waals surface area contributed by atoms with E-state index in [0.717, 1.165) is 38.9 Å². The van der Waals surface area contributed by atoms with Gasteiger partial charge in [-0.3, -0.25) is 4.79 Å². The third-order valence-electron chi connectivity index (χ3n) is 2.68. The fourth-order valence-electron chi connectivity index (χ4n) is 1.84. The Bertz CT molecular complexity index is 184. The Hall–Kier alpha value is -0.610. The number of carbonyl (C=O) groups excluding carboxylic acids is 1. The number of nitrogens with one attached hydrogen (secondary N) is 1. The molecule has 1 rings (SSSR count). The first-order valence-corrected chi connectivity index (χ1v) is 5.40. The van der Waals surface area contributed by atoms with Gasteiger partial charge in [-0.1, -0.05) is 0 Å². The molecule has 0 aromatic heterocycles. The van der Waals surface area contributed by atoms with Crippen LogP contribution < -0.4 is 11.1 Å². The largest absolute Gasteiger partial charge is 0.356 e. The molecule has 0 saturated carbocycles. The molecule has 0 aromatic rings. The Morgan fingerprint density at radius 3 is 3.07 bits per heavy atom. The number of nitrogens with zero attached hydrogens (tertiary/aromatic N) is 1. The molecule has 1 saturated heterocycles. The summed E-state index contributed by atoms with van der Waals surface area (Å²) in [6.45, 7) is 3.38. The summed E-state index contributed by atoms with van der Waals surface area (Å²) in [7, 11) is 2.07. The van der Waals surface area contributed by atoms with Crippen LogP contribution in [0.3, 0.4) is 0 Å². The summed E-state index contributed by atoms with van der Waals surface area (Å²) in [5.41, 5.74) is 5.36. The predicted molar refractivity (Wildman–Crippen MR) is 56.9 cm³/mol. The first-order chi connectivity index (χ1) is 6.74. The van der Waals surface area contributed by atoms with E-state index in [1.165, 1.54) is 0 Å². The molecule has 0 aromatic carbocycles. The summed E-state index contributed by atoms with van der Waals surface area (Å²) < 4.78 is 0. The lowest BCUT2D eigenvalue weighted by Gasteiger charge is -2.28. The van der Waals surface area contributed by atoms with Crippen LogP contribution in [0.5, 0.6) is 0 Å². The fraction of sp³-hybridized carbons (Fsp3) is 0.900. The number of rotatable bonds is 4. The molecule has 1 aliphatic rings. The molecule has 14 heavy (non-hydrogen) atoms. The van der Waals surface area contributed by atoms with Gasteiger partial charge in [0.25, 0.3) is 0 Å². The number of amides is 1. The molecule has 1 aliphatic heterocycles. The summed E-state index contributed by atoms with van der Waals surface area (Å²) in [6.07, 6.45) is 3.03. The lowest BCUT2D eigenvalue weighted by atomic mass is 9.97. The van der Waals surface area contributed by atoms with Gasteiger partial charge in [-0.15, -0.1) is 0 Å². The minimum atomic E-state index is 0.187. The third-order valence-corrected chi connectivity index (χ3v) is 2.68. The van der Waals surface area contributed by atoms with Gasteiger partial charge >= 0.3 is 0 Å². The van der Waals surface area contributed by atoms with E-state index in [4.69, 9.17) is 5.73 Å². The second-order valence-corrected chi connectivity index (χ2v) is 4.03. The normalized spacial score (nSPS) is 23.4. The van der Waals surface area contributed by atoms with Crippen molar-refractivity contribution in [3.8, 4) is 0 Å². The van der Waals surface area contributed by atoms with Crippen LogP contribution in [0.4, 0.5) is 0 Å². The van der Waals surface area contributed by atoms with Crippen LogP contribution in [0.2, 0.25) is 0 Å². The van der Waals surface area contributed by atoms with Gasteiger partial charge in [0.05, 0.1) is 5.92 Å². The minimum absolute atomic E-state index is 0.187. The van der Waals surface area contributed by atoms with Crippen molar-refractivity contribution in [3.05, 3.63) is 0 Å². The Morgan fingerprint density at radius 2 is 2.43 bits per heavy atom. The highest BCUT2D eigenvalue weighted by Gasteiger charge is 2.23. The van der Waals surface area contributed by atoms with Crippen molar-refractivity contribution < 1.29 is 4.79 Å². The van der Waals surface area contributed by atoms with Gasteiger partial charge in [0.1, 0.15) is 0 Å². The zero-order valence-corrected chi connectivity index (χ0v) is 8.96. The van der Waals surface area contributed by atoms with Gasteiger partial charge < -0.3 is 16.0 Å². The third kappa shape index (κ3) is 3.64. The van der Waals surface area contributed by atoms with E-state index in [0.29, 0.717) is 6.54 Å². The van der Waals surface area contributed by atoms with E-state index >= 15 is 0 Å². The first-order valence-electron chi connectivity index (χ1n) is 5.40. The summed E-state index contributed by atoms with van der Waals surface area (Å²) in [4.78, 5) is 13.9. The van der Waals surface area contributed by atoms with Crippen molar-refractivity contribution in [2.45, 2.75) is 19.3 Å². The summed E-state index contributed by atoms with van der Waals surface area (Å²) in [5, 5.41) is 2.93. The molecule has 4 nitrogen and oxygen atoms in total. The molecular weight excluding hydrogens is 178 g/mol. The van der Waals surface area contributed by atoms with Crippen LogP contribution in [0.25, 0.3) is 0 Å². The molecule has 4 heteroatoms. The van der Waals surface area contributed by atoms with E-state index in [1.54, 1.807) is 0 Å². The van der Waals surface area contributed by atoms with E-state index in [2.05, 4.69) is 17.3 Å². The topological polar surface area (TPSA) is 58.4 Å². The average Bonchev–Trinajstić information content (AvgIpc) is 2.18. The highest BCUT2D eigenvalue weighted by atomic mass is 16.1. The molecule has 3 N–H and O–H groups in total.